The van der Waals surface area contributed by atoms with E-state index in [4.69, 9.17) is 0 Å². The van der Waals surface area contributed by atoms with Gasteiger partial charge in [0.15, 0.2) is 0 Å². The maximum absolute atomic E-state index is 14.1. The number of alkyl halides is 3. The number of hydrogen-bond donors (Lipinski definition) is 0. The molecule has 0 spiro atoms. The second-order valence-electron chi connectivity index (χ2n) is 7.41. The van der Waals surface area contributed by atoms with Crippen molar-refractivity contribution < 1.29 is 43.0 Å². The van der Waals surface area contributed by atoms with Crippen LogP contribution in [-0.2, 0) is 32.7 Å². The van der Waals surface area contributed by atoms with Crippen molar-refractivity contribution in [2.45, 2.75) is 25.4 Å². The molecular weight excluding hydrogens is 624 g/mol. The molecule has 0 bridgehead atoms. The number of pyridine rings is 3. The van der Waals surface area contributed by atoms with Gasteiger partial charge in [0.1, 0.15) is 11.9 Å². The van der Waals surface area contributed by atoms with Crippen molar-refractivity contribution in [3.63, 3.8) is 0 Å². The number of aromatic nitrogens is 5. The summed E-state index contributed by atoms with van der Waals surface area (Å²) < 4.78 is 65.7. The number of nitrogens with zero attached hydrogens (tertiary/aromatic N) is 5. The predicted octanol–water partition coefficient (Wildman–Crippen LogP) is 4.98. The molecule has 5 nitrogen and oxygen atoms in total. The first kappa shape index (κ1) is 24.6. The van der Waals surface area contributed by atoms with E-state index in [2.05, 4.69) is 31.0 Å². The van der Waals surface area contributed by atoms with Gasteiger partial charge in [0, 0.05) is 16.8 Å². The van der Waals surface area contributed by atoms with Crippen molar-refractivity contribution in [1.82, 2.24) is 24.9 Å². The molecule has 0 aliphatic carbocycles. The summed E-state index contributed by atoms with van der Waals surface area (Å²) in [6.07, 6.45) is -3.95. The molecule has 33 heavy (non-hydrogen) atoms. The van der Waals surface area contributed by atoms with Gasteiger partial charge >= 0.3 is 27.2 Å². The predicted molar refractivity (Wildman–Crippen MR) is 104 cm³/mol. The Morgan fingerprint density at radius 3 is 2.00 bits per heavy atom. The average molecular weight is 638 g/mol. The first-order valence-electron chi connectivity index (χ1n) is 9.32. The van der Waals surface area contributed by atoms with Crippen LogP contribution in [0.2, 0.25) is 0 Å². The van der Waals surface area contributed by atoms with E-state index in [0.717, 1.165) is 6.07 Å². The van der Waals surface area contributed by atoms with Crippen LogP contribution in [0, 0.1) is 18.0 Å². The Morgan fingerprint density at radius 1 is 0.818 bits per heavy atom. The fourth-order valence-corrected chi connectivity index (χ4v) is 3.07. The average Bonchev–Trinajstić information content (AvgIpc) is 3.25. The van der Waals surface area contributed by atoms with Crippen LogP contribution in [0.5, 0.6) is 0 Å². The minimum atomic E-state index is -4.60. The first-order valence-corrected chi connectivity index (χ1v) is 9.32. The van der Waals surface area contributed by atoms with Gasteiger partial charge < -0.3 is 15.0 Å². The van der Waals surface area contributed by atoms with E-state index in [1.807, 2.05) is 0 Å². The van der Waals surface area contributed by atoms with Crippen LogP contribution in [0.1, 0.15) is 30.9 Å². The standard InChI is InChI=1S/C22H14F5N5.Pt/c1-21(2,15-7-3-5-13(29-15)12-9-10-18(23)32-19(12)24)16-8-4-6-14(30-16)20-28-11-17(31-20)22(25,26)27;/h3-8,10-11H,1-2H3;/q-2;+2. The summed E-state index contributed by atoms with van der Waals surface area (Å²) in [5.41, 5.74) is -0.656. The summed E-state index contributed by atoms with van der Waals surface area (Å²) in [6.45, 7) is 3.61. The van der Waals surface area contributed by atoms with Crippen LogP contribution < -0.4 is 4.98 Å². The zero-order valence-corrected chi connectivity index (χ0v) is 19.3. The summed E-state index contributed by atoms with van der Waals surface area (Å²) in [6, 6.07) is 13.1. The third-order valence-electron chi connectivity index (χ3n) is 4.84. The molecule has 0 aliphatic rings. The van der Waals surface area contributed by atoms with Gasteiger partial charge in [-0.25, -0.2) is 8.78 Å². The van der Waals surface area contributed by atoms with E-state index >= 15 is 0 Å². The molecule has 0 fully saturated rings. The fourth-order valence-electron chi connectivity index (χ4n) is 3.07. The zero-order chi connectivity index (χ0) is 23.1. The SMILES string of the molecule is CC(C)(c1cccc(-c2nc(C(F)(F)F)c[n-]2)n1)c1cccc(-c2[c-]cc(F)nc2F)n1.[Pt+2]. The number of hydrogen-bond acceptors (Lipinski definition) is 4. The topological polar surface area (TPSA) is 65.7 Å². The summed E-state index contributed by atoms with van der Waals surface area (Å²) in [5, 5.41) is 0. The van der Waals surface area contributed by atoms with Gasteiger partial charge in [-0.2, -0.15) is 13.2 Å². The fraction of sp³-hybridized carbons (Fsp3) is 0.182. The summed E-state index contributed by atoms with van der Waals surface area (Å²) >= 11 is 0. The van der Waals surface area contributed by atoms with Crippen molar-refractivity contribution in [1.29, 1.82) is 0 Å². The second kappa shape index (κ2) is 9.09. The summed E-state index contributed by atoms with van der Waals surface area (Å²) in [5.74, 6) is -2.18. The summed E-state index contributed by atoms with van der Waals surface area (Å²) in [7, 11) is 0. The van der Waals surface area contributed by atoms with Gasteiger partial charge in [0.25, 0.3) is 0 Å². The Labute approximate surface area is 199 Å². The molecule has 172 valence electrons. The van der Waals surface area contributed by atoms with Gasteiger partial charge in [0.05, 0.1) is 11.4 Å². The first-order chi connectivity index (χ1) is 15.1. The molecule has 0 atom stereocenters. The van der Waals surface area contributed by atoms with Crippen LogP contribution in [0.25, 0.3) is 22.8 Å². The molecule has 4 aromatic heterocycles. The van der Waals surface area contributed by atoms with Crippen molar-refractivity contribution in [2.75, 3.05) is 0 Å². The smallest absolute Gasteiger partial charge is 0.441 e. The molecule has 0 amide bonds. The molecule has 11 heteroatoms. The van der Waals surface area contributed by atoms with Gasteiger partial charge in [-0.3, -0.25) is 9.97 Å². The van der Waals surface area contributed by atoms with E-state index in [1.54, 1.807) is 38.1 Å². The number of halogens is 5. The van der Waals surface area contributed by atoms with Crippen molar-refractivity contribution in [2.24, 2.45) is 0 Å². The maximum atomic E-state index is 14.1. The molecule has 0 aromatic carbocycles. The van der Waals surface area contributed by atoms with E-state index in [-0.39, 0.29) is 43.8 Å². The van der Waals surface area contributed by atoms with Gasteiger partial charge in [-0.1, -0.05) is 36.0 Å². The van der Waals surface area contributed by atoms with Crippen LogP contribution in [0.4, 0.5) is 22.0 Å². The number of rotatable bonds is 4. The molecule has 4 aromatic rings. The zero-order valence-electron chi connectivity index (χ0n) is 17.1. The minimum absolute atomic E-state index is 0. The van der Waals surface area contributed by atoms with Gasteiger partial charge in [-0.05, 0) is 43.6 Å². The molecule has 4 heterocycles. The van der Waals surface area contributed by atoms with E-state index < -0.39 is 29.2 Å². The Hall–Kier alpha value is -3.00. The Balaban J connectivity index is 0.00000306. The molecule has 0 unspecified atom stereocenters. The Bertz CT molecular complexity index is 1290. The third-order valence-corrected chi connectivity index (χ3v) is 4.84. The second-order valence-corrected chi connectivity index (χ2v) is 7.41. The van der Waals surface area contributed by atoms with E-state index in [0.29, 0.717) is 17.6 Å². The van der Waals surface area contributed by atoms with Crippen LogP contribution in [0.3, 0.4) is 0 Å². The molecular formula is C22H14F5N5Pt. The minimum Gasteiger partial charge on any atom is -0.441 e. The summed E-state index contributed by atoms with van der Waals surface area (Å²) in [4.78, 5) is 19.3. The van der Waals surface area contributed by atoms with Gasteiger partial charge in [-0.15, -0.1) is 6.07 Å². The quantitative estimate of drug-likeness (QED) is 0.179. The molecule has 0 saturated heterocycles. The molecule has 4 rings (SSSR count). The van der Waals surface area contributed by atoms with Crippen LogP contribution >= 0.6 is 0 Å². The molecule has 0 N–H and O–H groups in total. The van der Waals surface area contributed by atoms with Crippen LogP contribution in [0.15, 0.2) is 48.7 Å². The van der Waals surface area contributed by atoms with E-state index in [1.165, 1.54) is 12.1 Å². The maximum Gasteiger partial charge on any atom is 2.00 e. The molecule has 0 saturated carbocycles. The monoisotopic (exact) mass is 638 g/mol. The van der Waals surface area contributed by atoms with Crippen molar-refractivity contribution in [3.05, 3.63) is 83.7 Å². The molecule has 0 radical (unpaired) electrons. The van der Waals surface area contributed by atoms with Crippen molar-refractivity contribution >= 4 is 0 Å². The number of imidazole rings is 1. The largest absolute Gasteiger partial charge is 2.00 e. The Morgan fingerprint density at radius 2 is 1.42 bits per heavy atom. The van der Waals surface area contributed by atoms with Crippen molar-refractivity contribution in [3.8, 4) is 22.8 Å². The normalized spacial score (nSPS) is 11.8. The van der Waals surface area contributed by atoms with Crippen LogP contribution in [-0.4, -0.2) is 19.9 Å². The molecule has 0 aliphatic heterocycles. The van der Waals surface area contributed by atoms with Gasteiger partial charge in [0.2, 0.25) is 0 Å². The van der Waals surface area contributed by atoms with E-state index in [9.17, 15) is 22.0 Å². The Kier molecular flexibility index (Phi) is 6.79. The third kappa shape index (κ3) is 5.00.